The van der Waals surface area contributed by atoms with Gasteiger partial charge in [-0.05, 0) is 37.6 Å². The molecule has 0 amide bonds. The summed E-state index contributed by atoms with van der Waals surface area (Å²) in [6, 6.07) is 5.11. The Kier molecular flexibility index (Phi) is 4.02. The Balaban J connectivity index is 2.18. The molecule has 4 heteroatoms. The number of methoxy groups -OCH3 is 1. The highest BCUT2D eigenvalue weighted by Crippen LogP contribution is 2.26. The van der Waals surface area contributed by atoms with Gasteiger partial charge in [-0.25, -0.2) is 0 Å². The molecule has 0 aliphatic carbocycles. The van der Waals surface area contributed by atoms with Crippen LogP contribution in [0.1, 0.15) is 29.6 Å². The highest BCUT2D eigenvalue weighted by Gasteiger charge is 2.22. The maximum absolute atomic E-state index is 12.2. The summed E-state index contributed by atoms with van der Waals surface area (Å²) in [5.41, 5.74) is 0.658. The molecule has 1 aromatic carbocycles. The molecule has 1 fully saturated rings. The van der Waals surface area contributed by atoms with Crippen LogP contribution in [0.3, 0.4) is 0 Å². The minimum Gasteiger partial charge on any atom is -0.495 e. The molecule has 92 valence electrons. The average molecular weight is 254 g/mol. The number of carbonyl (C=O) groups is 1. The maximum Gasteiger partial charge on any atom is 0.179 e. The van der Waals surface area contributed by atoms with E-state index in [0.29, 0.717) is 16.3 Å². The van der Waals surface area contributed by atoms with Crippen molar-refractivity contribution in [2.45, 2.75) is 25.3 Å². The smallest absolute Gasteiger partial charge is 0.179 e. The molecule has 2 rings (SSSR count). The van der Waals surface area contributed by atoms with Gasteiger partial charge in [0, 0.05) is 5.56 Å². The first kappa shape index (κ1) is 12.4. The van der Waals surface area contributed by atoms with Crippen molar-refractivity contribution in [2.24, 2.45) is 0 Å². The Morgan fingerprint density at radius 3 is 2.94 bits per heavy atom. The van der Waals surface area contributed by atoms with Gasteiger partial charge in [-0.15, -0.1) is 0 Å². The van der Waals surface area contributed by atoms with Crippen LogP contribution in [0.15, 0.2) is 18.2 Å². The van der Waals surface area contributed by atoms with Gasteiger partial charge in [0.2, 0.25) is 0 Å². The van der Waals surface area contributed by atoms with Crippen LogP contribution < -0.4 is 10.1 Å². The molecule has 1 aliphatic heterocycles. The molecule has 1 N–H and O–H groups in total. The molecule has 0 radical (unpaired) electrons. The minimum absolute atomic E-state index is 0.0605. The van der Waals surface area contributed by atoms with Gasteiger partial charge in [0.1, 0.15) is 5.75 Å². The lowest BCUT2D eigenvalue weighted by Gasteiger charge is -2.22. The number of piperidine rings is 1. The molecule has 1 saturated heterocycles. The van der Waals surface area contributed by atoms with Crippen molar-refractivity contribution in [3.8, 4) is 5.75 Å². The summed E-state index contributed by atoms with van der Waals surface area (Å²) in [7, 11) is 1.55. The molecule has 0 saturated carbocycles. The molecule has 1 aromatic rings. The van der Waals surface area contributed by atoms with E-state index in [9.17, 15) is 4.79 Å². The SMILES string of the molecule is COc1cc(C(=O)C2CCCCN2)ccc1Cl. The summed E-state index contributed by atoms with van der Waals surface area (Å²) in [4.78, 5) is 12.2. The number of ether oxygens (including phenoxy) is 1. The van der Waals surface area contributed by atoms with Crippen LogP contribution in [-0.2, 0) is 0 Å². The predicted octanol–water partition coefficient (Wildman–Crippen LogP) is 2.67. The first-order valence-corrected chi connectivity index (χ1v) is 6.21. The second kappa shape index (κ2) is 5.52. The molecular formula is C13H16ClNO2. The summed E-state index contributed by atoms with van der Waals surface area (Å²) < 4.78 is 5.12. The van der Waals surface area contributed by atoms with E-state index in [1.807, 2.05) is 0 Å². The summed E-state index contributed by atoms with van der Waals surface area (Å²) in [6.07, 6.45) is 3.16. The van der Waals surface area contributed by atoms with Crippen LogP contribution >= 0.6 is 11.6 Å². The van der Waals surface area contributed by atoms with E-state index in [1.54, 1.807) is 25.3 Å². The Hall–Kier alpha value is -1.06. The zero-order valence-corrected chi connectivity index (χ0v) is 10.6. The number of halogens is 1. The third-order valence-electron chi connectivity index (χ3n) is 3.06. The Labute approximate surface area is 106 Å². The normalized spacial score (nSPS) is 20.0. The molecule has 17 heavy (non-hydrogen) atoms. The number of benzene rings is 1. The lowest BCUT2D eigenvalue weighted by Crippen LogP contribution is -2.40. The number of ketones is 1. The van der Waals surface area contributed by atoms with Crippen LogP contribution in [0, 0.1) is 0 Å². The third-order valence-corrected chi connectivity index (χ3v) is 3.37. The highest BCUT2D eigenvalue weighted by molar-refractivity contribution is 6.32. The molecule has 0 bridgehead atoms. The van der Waals surface area contributed by atoms with Crippen LogP contribution in [0.5, 0.6) is 5.75 Å². The second-order valence-corrected chi connectivity index (χ2v) is 4.62. The van der Waals surface area contributed by atoms with E-state index in [2.05, 4.69) is 5.32 Å². The number of hydrogen-bond donors (Lipinski definition) is 1. The molecule has 1 heterocycles. The minimum atomic E-state index is -0.0605. The highest BCUT2D eigenvalue weighted by atomic mass is 35.5. The quantitative estimate of drug-likeness (QED) is 0.842. The number of Topliss-reactive ketones (excluding diaryl/α,β-unsaturated/α-hetero) is 1. The standard InChI is InChI=1S/C13H16ClNO2/c1-17-12-8-9(5-6-10(12)14)13(16)11-4-2-3-7-15-11/h5-6,8,11,15H,2-4,7H2,1H3. The van der Waals surface area contributed by atoms with Crippen molar-refractivity contribution in [1.29, 1.82) is 0 Å². The summed E-state index contributed by atoms with van der Waals surface area (Å²) in [6.45, 7) is 0.918. The zero-order valence-electron chi connectivity index (χ0n) is 9.83. The second-order valence-electron chi connectivity index (χ2n) is 4.22. The van der Waals surface area contributed by atoms with Crippen molar-refractivity contribution in [2.75, 3.05) is 13.7 Å². The lowest BCUT2D eigenvalue weighted by molar-refractivity contribution is 0.0927. The Bertz CT molecular complexity index is 414. The third kappa shape index (κ3) is 2.79. The van der Waals surface area contributed by atoms with E-state index in [4.69, 9.17) is 16.3 Å². The lowest BCUT2D eigenvalue weighted by atomic mass is 9.96. The topological polar surface area (TPSA) is 38.3 Å². The van der Waals surface area contributed by atoms with Gasteiger partial charge in [0.05, 0.1) is 18.2 Å². The van der Waals surface area contributed by atoms with E-state index in [0.717, 1.165) is 25.8 Å². The van der Waals surface area contributed by atoms with E-state index in [1.165, 1.54) is 0 Å². The Morgan fingerprint density at radius 1 is 1.47 bits per heavy atom. The molecule has 1 aliphatic rings. The molecular weight excluding hydrogens is 238 g/mol. The van der Waals surface area contributed by atoms with Crippen molar-refractivity contribution < 1.29 is 9.53 Å². The van der Waals surface area contributed by atoms with E-state index in [-0.39, 0.29) is 11.8 Å². The first-order chi connectivity index (χ1) is 8.22. The fourth-order valence-electron chi connectivity index (χ4n) is 2.09. The molecule has 0 spiro atoms. The van der Waals surface area contributed by atoms with Crippen LogP contribution in [-0.4, -0.2) is 25.5 Å². The molecule has 1 unspecified atom stereocenters. The van der Waals surface area contributed by atoms with Crippen LogP contribution in [0.4, 0.5) is 0 Å². The Morgan fingerprint density at radius 2 is 2.29 bits per heavy atom. The summed E-state index contributed by atoms with van der Waals surface area (Å²) in [5, 5.41) is 3.77. The zero-order chi connectivity index (χ0) is 12.3. The molecule has 1 atom stereocenters. The first-order valence-electron chi connectivity index (χ1n) is 5.83. The van der Waals surface area contributed by atoms with Crippen molar-refractivity contribution in [3.63, 3.8) is 0 Å². The fourth-order valence-corrected chi connectivity index (χ4v) is 2.28. The molecule has 3 nitrogen and oxygen atoms in total. The monoisotopic (exact) mass is 253 g/mol. The summed E-state index contributed by atoms with van der Waals surface area (Å²) >= 11 is 5.93. The van der Waals surface area contributed by atoms with Gasteiger partial charge in [0.25, 0.3) is 0 Å². The molecule has 0 aromatic heterocycles. The number of carbonyl (C=O) groups excluding carboxylic acids is 1. The van der Waals surface area contributed by atoms with Gasteiger partial charge >= 0.3 is 0 Å². The largest absolute Gasteiger partial charge is 0.495 e. The van der Waals surface area contributed by atoms with Gasteiger partial charge < -0.3 is 10.1 Å². The maximum atomic E-state index is 12.2. The fraction of sp³-hybridized carbons (Fsp3) is 0.462. The average Bonchev–Trinajstić information content (AvgIpc) is 2.39. The predicted molar refractivity (Wildman–Crippen MR) is 68.0 cm³/mol. The van der Waals surface area contributed by atoms with Gasteiger partial charge in [-0.1, -0.05) is 18.0 Å². The number of hydrogen-bond acceptors (Lipinski definition) is 3. The van der Waals surface area contributed by atoms with E-state index >= 15 is 0 Å². The van der Waals surface area contributed by atoms with Gasteiger partial charge in [-0.2, -0.15) is 0 Å². The van der Waals surface area contributed by atoms with Crippen LogP contribution in [0.2, 0.25) is 5.02 Å². The van der Waals surface area contributed by atoms with Crippen molar-refractivity contribution >= 4 is 17.4 Å². The number of nitrogens with one attached hydrogen (secondary N) is 1. The van der Waals surface area contributed by atoms with Gasteiger partial charge in [-0.3, -0.25) is 4.79 Å². The summed E-state index contributed by atoms with van der Waals surface area (Å²) in [5.74, 6) is 0.674. The van der Waals surface area contributed by atoms with Crippen molar-refractivity contribution in [3.05, 3.63) is 28.8 Å². The van der Waals surface area contributed by atoms with Gasteiger partial charge in [0.15, 0.2) is 5.78 Å². The van der Waals surface area contributed by atoms with Crippen molar-refractivity contribution in [1.82, 2.24) is 5.32 Å². The number of rotatable bonds is 3. The van der Waals surface area contributed by atoms with Crippen LogP contribution in [0.25, 0.3) is 0 Å². The van der Waals surface area contributed by atoms with E-state index < -0.39 is 0 Å².